The molecule has 28 heavy (non-hydrogen) atoms. The summed E-state index contributed by atoms with van der Waals surface area (Å²) in [6, 6.07) is 16.3. The number of H-pyrrole nitrogens is 1. The molecule has 5 heteroatoms. The van der Waals surface area contributed by atoms with E-state index in [4.69, 9.17) is 33.7 Å². The topological polar surface area (TPSA) is 51.0 Å². The number of ether oxygens (including phenoxy) is 1. The summed E-state index contributed by atoms with van der Waals surface area (Å²) < 4.78 is 5.84. The Balaban J connectivity index is 1.98. The quantitative estimate of drug-likeness (QED) is 0.351. The molecular weight excluding hydrogens is 391 g/mol. The van der Waals surface area contributed by atoms with Gasteiger partial charge in [0.1, 0.15) is 5.75 Å². The molecule has 1 aromatic heterocycles. The van der Waals surface area contributed by atoms with Gasteiger partial charge < -0.3 is 15.5 Å². The van der Waals surface area contributed by atoms with Gasteiger partial charge in [0, 0.05) is 16.3 Å². The van der Waals surface area contributed by atoms with Crippen molar-refractivity contribution in [3.05, 3.63) is 64.1 Å². The summed E-state index contributed by atoms with van der Waals surface area (Å²) in [4.78, 5) is 3.53. The van der Waals surface area contributed by atoms with Crippen LogP contribution in [-0.2, 0) is 6.42 Å². The largest absolute Gasteiger partial charge is 0.495 e. The van der Waals surface area contributed by atoms with Crippen LogP contribution in [-0.4, -0.2) is 18.6 Å². The number of benzene rings is 3. The molecule has 0 atom stereocenters. The third kappa shape index (κ3) is 3.24. The highest BCUT2D eigenvalue weighted by atomic mass is 35.5. The Kier molecular flexibility index (Phi) is 5.49. The van der Waals surface area contributed by atoms with Gasteiger partial charge in [-0.15, -0.1) is 0 Å². The number of hydrogen-bond donors (Lipinski definition) is 2. The summed E-state index contributed by atoms with van der Waals surface area (Å²) in [5.41, 5.74) is 9.84. The molecule has 0 saturated carbocycles. The molecule has 0 aliphatic rings. The summed E-state index contributed by atoms with van der Waals surface area (Å²) >= 11 is 12.8. The molecule has 4 aromatic rings. The number of fused-ring (bicyclic) bond motifs is 2. The number of aromatic nitrogens is 1. The van der Waals surface area contributed by atoms with E-state index in [1.807, 2.05) is 24.3 Å². The van der Waals surface area contributed by atoms with Gasteiger partial charge in [-0.25, -0.2) is 0 Å². The number of rotatable bonds is 6. The number of nitrogens with two attached hydrogens (primary N) is 1. The summed E-state index contributed by atoms with van der Waals surface area (Å²) in [5, 5.41) is 4.41. The second kappa shape index (κ2) is 8.04. The first-order valence-corrected chi connectivity index (χ1v) is 10.2. The van der Waals surface area contributed by atoms with E-state index in [0.717, 1.165) is 57.9 Å². The molecule has 0 aliphatic heterocycles. The van der Waals surface area contributed by atoms with Crippen molar-refractivity contribution in [1.29, 1.82) is 0 Å². The lowest BCUT2D eigenvalue weighted by atomic mass is 9.97. The molecule has 0 aliphatic carbocycles. The van der Waals surface area contributed by atoms with Crippen molar-refractivity contribution in [2.45, 2.75) is 19.3 Å². The van der Waals surface area contributed by atoms with Gasteiger partial charge in [0.2, 0.25) is 0 Å². The van der Waals surface area contributed by atoms with Crippen molar-refractivity contribution in [3.8, 4) is 17.0 Å². The van der Waals surface area contributed by atoms with Gasteiger partial charge >= 0.3 is 0 Å². The SMILES string of the molecule is COc1c(-c2[nH]c3c(Cl)c(Cl)ccc3c2CCCCN)ccc2ccccc12. The highest BCUT2D eigenvalue weighted by molar-refractivity contribution is 6.45. The van der Waals surface area contributed by atoms with Crippen LogP contribution in [0.25, 0.3) is 32.9 Å². The highest BCUT2D eigenvalue weighted by Gasteiger charge is 2.20. The third-order valence-corrected chi connectivity index (χ3v) is 6.01. The van der Waals surface area contributed by atoms with Gasteiger partial charge in [-0.2, -0.15) is 0 Å². The zero-order valence-corrected chi connectivity index (χ0v) is 17.2. The molecule has 0 spiro atoms. The fourth-order valence-electron chi connectivity index (χ4n) is 3.85. The zero-order chi connectivity index (χ0) is 19.7. The predicted molar refractivity (Wildman–Crippen MR) is 120 cm³/mol. The molecule has 4 rings (SSSR count). The van der Waals surface area contributed by atoms with E-state index >= 15 is 0 Å². The first kappa shape index (κ1) is 19.1. The number of halogens is 2. The minimum Gasteiger partial charge on any atom is -0.495 e. The summed E-state index contributed by atoms with van der Waals surface area (Å²) in [5.74, 6) is 0.854. The Labute approximate surface area is 174 Å². The second-order valence-electron chi connectivity index (χ2n) is 6.88. The Morgan fingerprint density at radius 1 is 0.964 bits per heavy atom. The van der Waals surface area contributed by atoms with E-state index in [-0.39, 0.29) is 0 Å². The number of hydrogen-bond acceptors (Lipinski definition) is 2. The number of unbranched alkanes of at least 4 members (excludes halogenated alkanes) is 1. The van der Waals surface area contributed by atoms with Gasteiger partial charge in [-0.1, -0.05) is 59.6 Å². The molecule has 0 bridgehead atoms. The van der Waals surface area contributed by atoms with E-state index < -0.39 is 0 Å². The maximum Gasteiger partial charge on any atom is 0.136 e. The Bertz CT molecular complexity index is 1150. The first-order chi connectivity index (χ1) is 13.7. The Hall–Kier alpha value is -2.20. The van der Waals surface area contributed by atoms with Crippen LogP contribution in [0.1, 0.15) is 18.4 Å². The minimum atomic E-state index is 0.543. The van der Waals surface area contributed by atoms with E-state index in [2.05, 4.69) is 29.2 Å². The average molecular weight is 413 g/mol. The number of aromatic amines is 1. The third-order valence-electron chi connectivity index (χ3n) is 5.21. The van der Waals surface area contributed by atoms with Crippen molar-refractivity contribution >= 4 is 44.9 Å². The minimum absolute atomic E-state index is 0.543. The molecule has 3 N–H and O–H groups in total. The van der Waals surface area contributed by atoms with Crippen molar-refractivity contribution in [1.82, 2.24) is 4.98 Å². The maximum atomic E-state index is 6.51. The zero-order valence-electron chi connectivity index (χ0n) is 15.7. The van der Waals surface area contributed by atoms with Crippen molar-refractivity contribution in [2.24, 2.45) is 5.73 Å². The molecule has 0 radical (unpaired) electrons. The normalized spacial score (nSPS) is 11.4. The van der Waals surface area contributed by atoms with Crippen LogP contribution in [0.3, 0.4) is 0 Å². The van der Waals surface area contributed by atoms with E-state index in [9.17, 15) is 0 Å². The molecule has 0 saturated heterocycles. The van der Waals surface area contributed by atoms with E-state index in [1.165, 1.54) is 5.56 Å². The van der Waals surface area contributed by atoms with Crippen molar-refractivity contribution in [3.63, 3.8) is 0 Å². The van der Waals surface area contributed by atoms with Crippen LogP contribution in [0.2, 0.25) is 10.0 Å². The number of aryl methyl sites for hydroxylation is 1. The highest BCUT2D eigenvalue weighted by Crippen LogP contribution is 2.42. The number of methoxy groups -OCH3 is 1. The van der Waals surface area contributed by atoms with E-state index in [1.54, 1.807) is 7.11 Å². The first-order valence-electron chi connectivity index (χ1n) is 9.40. The standard InChI is InChI=1S/C23H22Cl2N2O/c1-28-23-15-7-3-2-6-14(15)9-10-18(23)21-16(8-4-5-13-26)17-11-12-19(24)20(25)22(17)27-21/h2-3,6-7,9-12,27H,4-5,8,13,26H2,1H3. The lowest BCUT2D eigenvalue weighted by molar-refractivity contribution is 0.421. The fraction of sp³-hybridized carbons (Fsp3) is 0.217. The van der Waals surface area contributed by atoms with Crippen LogP contribution in [0, 0.1) is 0 Å². The van der Waals surface area contributed by atoms with Crippen molar-refractivity contribution < 1.29 is 4.74 Å². The summed E-state index contributed by atoms with van der Waals surface area (Å²) in [6.07, 6.45) is 2.88. The van der Waals surface area contributed by atoms with Gasteiger partial charge in [-0.05, 0) is 48.9 Å². The van der Waals surface area contributed by atoms with Gasteiger partial charge in [0.15, 0.2) is 0 Å². The smallest absolute Gasteiger partial charge is 0.136 e. The fourth-order valence-corrected chi connectivity index (χ4v) is 4.22. The lowest BCUT2D eigenvalue weighted by Crippen LogP contribution is -1.99. The van der Waals surface area contributed by atoms with Gasteiger partial charge in [0.05, 0.1) is 28.4 Å². The molecule has 0 unspecified atom stereocenters. The molecule has 3 nitrogen and oxygen atoms in total. The predicted octanol–water partition coefficient (Wildman–Crippen LogP) is 6.58. The Morgan fingerprint density at radius 2 is 1.79 bits per heavy atom. The Morgan fingerprint density at radius 3 is 2.57 bits per heavy atom. The molecule has 3 aromatic carbocycles. The van der Waals surface area contributed by atoms with Crippen LogP contribution < -0.4 is 10.5 Å². The second-order valence-corrected chi connectivity index (χ2v) is 7.66. The van der Waals surface area contributed by atoms with Gasteiger partial charge in [0.25, 0.3) is 0 Å². The monoisotopic (exact) mass is 412 g/mol. The van der Waals surface area contributed by atoms with Crippen LogP contribution in [0.15, 0.2) is 48.5 Å². The molecule has 0 amide bonds. The van der Waals surface area contributed by atoms with E-state index in [0.29, 0.717) is 16.6 Å². The van der Waals surface area contributed by atoms with Crippen LogP contribution in [0.5, 0.6) is 5.75 Å². The molecule has 144 valence electrons. The summed E-state index contributed by atoms with van der Waals surface area (Å²) in [7, 11) is 1.71. The molecule has 1 heterocycles. The van der Waals surface area contributed by atoms with Crippen molar-refractivity contribution in [2.75, 3.05) is 13.7 Å². The van der Waals surface area contributed by atoms with Crippen LogP contribution >= 0.6 is 23.2 Å². The van der Waals surface area contributed by atoms with Gasteiger partial charge in [-0.3, -0.25) is 0 Å². The van der Waals surface area contributed by atoms with Crippen LogP contribution in [0.4, 0.5) is 0 Å². The number of nitrogens with one attached hydrogen (secondary N) is 1. The lowest BCUT2D eigenvalue weighted by Gasteiger charge is -2.13. The maximum absolute atomic E-state index is 6.51. The molecule has 0 fully saturated rings. The average Bonchev–Trinajstić information content (AvgIpc) is 3.09. The molecular formula is C23H22Cl2N2O. The summed E-state index contributed by atoms with van der Waals surface area (Å²) in [6.45, 7) is 0.684.